The van der Waals surface area contributed by atoms with Crippen LogP contribution < -0.4 is 26.6 Å². The molecule has 2 aliphatic heterocycles. The molecule has 1 aromatic rings. The molecule has 5 N–H and O–H groups in total. The maximum Gasteiger partial charge on any atom is 0.228 e. The smallest absolute Gasteiger partial charge is 0.228 e. The highest BCUT2D eigenvalue weighted by Crippen LogP contribution is 2.29. The molecule has 45 heavy (non-hydrogen) atoms. The van der Waals surface area contributed by atoms with Crippen molar-refractivity contribution in [1.82, 2.24) is 36.2 Å². The van der Waals surface area contributed by atoms with E-state index in [9.17, 15) is 0 Å². The van der Waals surface area contributed by atoms with Crippen LogP contribution in [0.25, 0.3) is 0 Å². The molecule has 0 amide bonds. The van der Waals surface area contributed by atoms with Crippen LogP contribution in [0.1, 0.15) is 153 Å². The van der Waals surface area contributed by atoms with Crippen LogP contribution in [-0.2, 0) is 0 Å². The summed E-state index contributed by atoms with van der Waals surface area (Å²) in [5, 5.41) is 18.7. The zero-order valence-electron chi connectivity index (χ0n) is 30.7. The number of unbranched alkanes of at least 4 members (excludes halogenated alkanes) is 5. The summed E-state index contributed by atoms with van der Waals surface area (Å²) in [5.74, 6) is 0.427. The van der Waals surface area contributed by atoms with Gasteiger partial charge in [-0.05, 0) is 150 Å². The Morgan fingerprint density at radius 2 is 1.04 bits per heavy atom. The summed E-state index contributed by atoms with van der Waals surface area (Å²) < 4.78 is 0. The SMILES string of the molecule is CC1(C)CC(NCCCCCCNC2CC(C)(C)NC(C)(C)C2)CC(C)(C)N1.CCCCCC(C)(C)Nc1nc(Cl)nc(Cl)n1. The zero-order chi connectivity index (χ0) is 33.9. The molecule has 10 heteroatoms. The highest BCUT2D eigenvalue weighted by atomic mass is 35.5. The minimum absolute atomic E-state index is 0.0802. The van der Waals surface area contributed by atoms with Crippen LogP contribution in [0.15, 0.2) is 0 Å². The number of nitrogens with zero attached hydrogens (tertiary/aromatic N) is 3. The van der Waals surface area contributed by atoms with Crippen LogP contribution in [0.4, 0.5) is 5.95 Å². The number of nitrogens with one attached hydrogen (secondary N) is 5. The maximum atomic E-state index is 5.72. The summed E-state index contributed by atoms with van der Waals surface area (Å²) >= 11 is 11.4. The molecule has 0 spiro atoms. The Balaban J connectivity index is 0.000000355. The van der Waals surface area contributed by atoms with Gasteiger partial charge in [-0.1, -0.05) is 39.0 Å². The number of rotatable bonds is 15. The molecule has 8 nitrogen and oxygen atoms in total. The van der Waals surface area contributed by atoms with E-state index in [-0.39, 0.29) is 38.3 Å². The highest BCUT2D eigenvalue weighted by Gasteiger charge is 2.38. The normalized spacial score (nSPS) is 21.2. The van der Waals surface area contributed by atoms with Crippen LogP contribution in [0, 0.1) is 0 Å². The van der Waals surface area contributed by atoms with Gasteiger partial charge in [-0.3, -0.25) is 0 Å². The van der Waals surface area contributed by atoms with E-state index in [1.54, 1.807) is 0 Å². The Labute approximate surface area is 286 Å². The van der Waals surface area contributed by atoms with E-state index in [1.807, 2.05) is 0 Å². The van der Waals surface area contributed by atoms with Crippen molar-refractivity contribution in [3.63, 3.8) is 0 Å². The molecule has 0 unspecified atom stereocenters. The summed E-state index contributed by atoms with van der Waals surface area (Å²) in [6.45, 7) is 27.4. The first kappa shape index (κ1) is 40.4. The lowest BCUT2D eigenvalue weighted by atomic mass is 9.79. The fourth-order valence-corrected chi connectivity index (χ4v) is 8.08. The molecule has 0 atom stereocenters. The van der Waals surface area contributed by atoms with Gasteiger partial charge in [0, 0.05) is 39.8 Å². The fourth-order valence-electron chi connectivity index (χ4n) is 7.71. The quantitative estimate of drug-likeness (QED) is 0.119. The largest absolute Gasteiger partial charge is 0.349 e. The molecule has 0 bridgehead atoms. The lowest BCUT2D eigenvalue weighted by Gasteiger charge is -2.47. The molecule has 3 heterocycles. The number of halogens is 2. The van der Waals surface area contributed by atoms with Crippen LogP contribution in [-0.4, -0.2) is 67.8 Å². The average molecular weight is 672 g/mol. The summed E-state index contributed by atoms with van der Waals surface area (Å²) in [6, 6.07) is 1.30. The van der Waals surface area contributed by atoms with Crippen molar-refractivity contribution in [3.05, 3.63) is 10.6 Å². The molecule has 3 rings (SSSR count). The number of piperidine rings is 2. The second kappa shape index (κ2) is 17.6. The molecule has 0 radical (unpaired) electrons. The van der Waals surface area contributed by atoms with E-state index in [0.29, 0.717) is 18.0 Å². The van der Waals surface area contributed by atoms with Gasteiger partial charge in [-0.15, -0.1) is 0 Å². The van der Waals surface area contributed by atoms with E-state index in [1.165, 1.54) is 83.7 Å². The van der Waals surface area contributed by atoms with E-state index in [2.05, 4.69) is 118 Å². The topological polar surface area (TPSA) is 98.8 Å². The second-order valence-electron chi connectivity index (χ2n) is 17.0. The molecular weight excluding hydrogens is 603 g/mol. The fraction of sp³-hybridized carbons (Fsp3) is 0.914. The standard InChI is InChI=1S/C24H50N4.C11H18Cl2N4/c1-21(2)15-19(16-22(3,4)27-21)25-13-11-9-10-12-14-26-20-17-23(5,6)28-24(7,8)18-20;1-4-5-6-7-11(2,3)17-10-15-8(12)14-9(13)16-10/h19-20,25-28H,9-18H2,1-8H3;4-7H2,1-3H3,(H,14,15,16,17). The van der Waals surface area contributed by atoms with Crippen molar-refractivity contribution in [2.75, 3.05) is 18.4 Å². The van der Waals surface area contributed by atoms with Crippen molar-refractivity contribution >= 4 is 29.2 Å². The summed E-state index contributed by atoms with van der Waals surface area (Å²) in [5.41, 5.74) is 0.876. The van der Waals surface area contributed by atoms with Crippen molar-refractivity contribution in [2.24, 2.45) is 0 Å². The maximum absolute atomic E-state index is 5.72. The van der Waals surface area contributed by atoms with E-state index < -0.39 is 0 Å². The van der Waals surface area contributed by atoms with Gasteiger partial charge in [0.15, 0.2) is 0 Å². The lowest BCUT2D eigenvalue weighted by molar-refractivity contribution is 0.145. The van der Waals surface area contributed by atoms with Gasteiger partial charge < -0.3 is 26.6 Å². The minimum atomic E-state index is -0.0802. The Morgan fingerprint density at radius 3 is 1.42 bits per heavy atom. The van der Waals surface area contributed by atoms with Gasteiger partial charge in [0.05, 0.1) is 0 Å². The van der Waals surface area contributed by atoms with Crippen molar-refractivity contribution < 1.29 is 0 Å². The summed E-state index contributed by atoms with van der Waals surface area (Å²) in [4.78, 5) is 11.7. The number of hydrogen-bond donors (Lipinski definition) is 5. The Bertz CT molecular complexity index is 915. The Morgan fingerprint density at radius 1 is 0.644 bits per heavy atom. The first-order chi connectivity index (χ1) is 20.7. The molecule has 262 valence electrons. The first-order valence-corrected chi connectivity index (χ1v) is 18.4. The van der Waals surface area contributed by atoms with Crippen LogP contribution in [0.5, 0.6) is 0 Å². The lowest BCUT2D eigenvalue weighted by Crippen LogP contribution is -2.61. The molecule has 0 aromatic carbocycles. The van der Waals surface area contributed by atoms with E-state index >= 15 is 0 Å². The zero-order valence-corrected chi connectivity index (χ0v) is 32.2. The van der Waals surface area contributed by atoms with Gasteiger partial charge in [0.1, 0.15) is 0 Å². The minimum Gasteiger partial charge on any atom is -0.349 e. The van der Waals surface area contributed by atoms with Gasteiger partial charge in [0.2, 0.25) is 16.5 Å². The van der Waals surface area contributed by atoms with Crippen LogP contribution in [0.3, 0.4) is 0 Å². The Kier molecular flexibility index (Phi) is 15.8. The molecule has 2 fully saturated rings. The van der Waals surface area contributed by atoms with Gasteiger partial charge in [-0.2, -0.15) is 15.0 Å². The third-order valence-corrected chi connectivity index (χ3v) is 9.12. The van der Waals surface area contributed by atoms with Crippen molar-refractivity contribution in [2.45, 2.75) is 193 Å². The van der Waals surface area contributed by atoms with E-state index in [0.717, 1.165) is 6.42 Å². The van der Waals surface area contributed by atoms with Gasteiger partial charge in [0.25, 0.3) is 0 Å². The summed E-state index contributed by atoms with van der Waals surface area (Å²) in [7, 11) is 0. The van der Waals surface area contributed by atoms with Crippen molar-refractivity contribution in [3.8, 4) is 0 Å². The average Bonchev–Trinajstić information content (AvgIpc) is 2.81. The molecule has 0 saturated carbocycles. The second-order valence-corrected chi connectivity index (χ2v) is 17.7. The van der Waals surface area contributed by atoms with E-state index in [4.69, 9.17) is 23.2 Å². The molecule has 1 aromatic heterocycles. The predicted octanol–water partition coefficient (Wildman–Crippen LogP) is 8.29. The Hall–Kier alpha value is -0.770. The first-order valence-electron chi connectivity index (χ1n) is 17.6. The number of aromatic nitrogens is 3. The van der Waals surface area contributed by atoms with Crippen LogP contribution >= 0.6 is 23.2 Å². The van der Waals surface area contributed by atoms with Gasteiger partial charge in [-0.25, -0.2) is 0 Å². The number of hydrogen-bond acceptors (Lipinski definition) is 8. The van der Waals surface area contributed by atoms with Crippen molar-refractivity contribution in [1.29, 1.82) is 0 Å². The van der Waals surface area contributed by atoms with Crippen LogP contribution in [0.2, 0.25) is 10.6 Å². The number of anilines is 1. The monoisotopic (exact) mass is 670 g/mol. The predicted molar refractivity (Wildman–Crippen MR) is 195 cm³/mol. The molecule has 0 aliphatic carbocycles. The summed E-state index contributed by atoms with van der Waals surface area (Å²) in [6.07, 6.45) is 14.8. The molecule has 2 aliphatic rings. The molecular formula is C35H68Cl2N8. The third kappa shape index (κ3) is 17.3. The molecule has 2 saturated heterocycles. The van der Waals surface area contributed by atoms with Gasteiger partial charge >= 0.3 is 0 Å². The highest BCUT2D eigenvalue weighted by molar-refractivity contribution is 6.31. The third-order valence-electron chi connectivity index (χ3n) is 8.79.